The van der Waals surface area contributed by atoms with Crippen molar-refractivity contribution in [1.29, 1.82) is 0 Å². The lowest BCUT2D eigenvalue weighted by Gasteiger charge is -2.27. The zero-order valence-electron chi connectivity index (χ0n) is 17.3. The molecule has 0 aliphatic carbocycles. The van der Waals surface area contributed by atoms with E-state index in [1.165, 1.54) is 17.1 Å². The standard InChI is InChI=1S/C24H27N3O2S/c1-18-6-8-19(9-7-18)22-16-25-24(29-22)11-10-23(28)26-21-5-3-2-4-20(21)17-27-12-14-30-15-13-27/h2-9,16H,10-15,17H2,1H3,(H,26,28). The van der Waals surface area contributed by atoms with Crippen LogP contribution in [-0.2, 0) is 17.8 Å². The van der Waals surface area contributed by atoms with Crippen LogP contribution in [0.3, 0.4) is 0 Å². The Morgan fingerprint density at radius 1 is 1.13 bits per heavy atom. The lowest BCUT2D eigenvalue weighted by atomic mass is 10.1. The van der Waals surface area contributed by atoms with Gasteiger partial charge in [-0.15, -0.1) is 0 Å². The van der Waals surface area contributed by atoms with Crippen molar-refractivity contribution in [2.75, 3.05) is 29.9 Å². The molecule has 1 aliphatic heterocycles. The number of anilines is 1. The topological polar surface area (TPSA) is 58.4 Å². The molecule has 156 valence electrons. The van der Waals surface area contributed by atoms with E-state index in [1.807, 2.05) is 54.2 Å². The Bertz CT molecular complexity index is 978. The van der Waals surface area contributed by atoms with E-state index >= 15 is 0 Å². The van der Waals surface area contributed by atoms with E-state index in [4.69, 9.17) is 4.42 Å². The molecule has 1 N–H and O–H groups in total. The van der Waals surface area contributed by atoms with Crippen LogP contribution in [-0.4, -0.2) is 40.4 Å². The second kappa shape index (κ2) is 9.96. The Hall–Kier alpha value is -2.57. The van der Waals surface area contributed by atoms with E-state index < -0.39 is 0 Å². The summed E-state index contributed by atoms with van der Waals surface area (Å²) in [5.74, 6) is 3.65. The summed E-state index contributed by atoms with van der Waals surface area (Å²) in [6, 6.07) is 16.2. The number of nitrogens with one attached hydrogen (secondary N) is 1. The third kappa shape index (κ3) is 5.52. The second-order valence-electron chi connectivity index (χ2n) is 7.58. The minimum atomic E-state index is -0.0215. The van der Waals surface area contributed by atoms with Gasteiger partial charge in [-0.2, -0.15) is 11.8 Å². The molecule has 1 amide bonds. The highest BCUT2D eigenvalue weighted by atomic mass is 32.2. The molecule has 0 radical (unpaired) electrons. The van der Waals surface area contributed by atoms with Gasteiger partial charge in [0, 0.05) is 55.2 Å². The van der Waals surface area contributed by atoms with Crippen molar-refractivity contribution >= 4 is 23.4 Å². The van der Waals surface area contributed by atoms with Gasteiger partial charge in [0.1, 0.15) is 0 Å². The third-order valence-corrected chi connectivity index (χ3v) is 6.19. The summed E-state index contributed by atoms with van der Waals surface area (Å²) in [4.78, 5) is 19.3. The summed E-state index contributed by atoms with van der Waals surface area (Å²) in [5, 5.41) is 3.07. The first kappa shape index (κ1) is 20.7. The van der Waals surface area contributed by atoms with Crippen LogP contribution in [0, 0.1) is 6.92 Å². The molecule has 1 aliphatic rings. The van der Waals surface area contributed by atoms with Gasteiger partial charge >= 0.3 is 0 Å². The lowest BCUT2D eigenvalue weighted by molar-refractivity contribution is -0.116. The maximum atomic E-state index is 12.5. The van der Waals surface area contributed by atoms with E-state index in [0.29, 0.717) is 18.7 Å². The summed E-state index contributed by atoms with van der Waals surface area (Å²) in [7, 11) is 0. The second-order valence-corrected chi connectivity index (χ2v) is 8.80. The maximum absolute atomic E-state index is 12.5. The van der Waals surface area contributed by atoms with Crippen molar-refractivity contribution in [1.82, 2.24) is 9.88 Å². The number of hydrogen-bond acceptors (Lipinski definition) is 5. The minimum Gasteiger partial charge on any atom is -0.441 e. The molecule has 2 aromatic carbocycles. The fourth-order valence-corrected chi connectivity index (χ4v) is 4.47. The Balaban J connectivity index is 1.33. The first-order chi connectivity index (χ1) is 14.7. The molecule has 4 rings (SSSR count). The average Bonchev–Trinajstić information content (AvgIpc) is 3.24. The first-order valence-corrected chi connectivity index (χ1v) is 11.5. The number of para-hydroxylation sites is 1. The van der Waals surface area contributed by atoms with E-state index in [9.17, 15) is 4.79 Å². The number of nitrogens with zero attached hydrogens (tertiary/aromatic N) is 2. The van der Waals surface area contributed by atoms with Crippen LogP contribution in [0.5, 0.6) is 0 Å². The number of carbonyl (C=O) groups is 1. The molecule has 1 fully saturated rings. The van der Waals surface area contributed by atoms with Gasteiger partial charge in [-0.1, -0.05) is 48.0 Å². The number of oxazole rings is 1. The highest BCUT2D eigenvalue weighted by Gasteiger charge is 2.14. The molecule has 6 heteroatoms. The van der Waals surface area contributed by atoms with Gasteiger partial charge in [-0.3, -0.25) is 9.69 Å². The van der Waals surface area contributed by atoms with Crippen LogP contribution in [0.1, 0.15) is 23.4 Å². The van der Waals surface area contributed by atoms with Gasteiger partial charge in [-0.25, -0.2) is 4.98 Å². The van der Waals surface area contributed by atoms with Crippen LogP contribution in [0.25, 0.3) is 11.3 Å². The van der Waals surface area contributed by atoms with Gasteiger partial charge in [0.2, 0.25) is 5.91 Å². The number of hydrogen-bond donors (Lipinski definition) is 1. The number of thioether (sulfide) groups is 1. The molecule has 0 unspecified atom stereocenters. The van der Waals surface area contributed by atoms with Gasteiger partial charge in [-0.05, 0) is 18.6 Å². The fourth-order valence-electron chi connectivity index (χ4n) is 3.49. The highest BCUT2D eigenvalue weighted by molar-refractivity contribution is 7.99. The maximum Gasteiger partial charge on any atom is 0.224 e. The predicted octanol–water partition coefficient (Wildman–Crippen LogP) is 4.77. The average molecular weight is 422 g/mol. The Kier molecular flexibility index (Phi) is 6.87. The Morgan fingerprint density at radius 2 is 1.90 bits per heavy atom. The van der Waals surface area contributed by atoms with E-state index in [0.717, 1.165) is 42.2 Å². The van der Waals surface area contributed by atoms with Crippen LogP contribution in [0.15, 0.2) is 59.1 Å². The molecule has 0 bridgehead atoms. The van der Waals surface area contributed by atoms with Crippen LogP contribution in [0.2, 0.25) is 0 Å². The minimum absolute atomic E-state index is 0.0215. The molecule has 0 saturated carbocycles. The summed E-state index contributed by atoms with van der Waals surface area (Å²) in [6.07, 6.45) is 2.54. The van der Waals surface area contributed by atoms with Gasteiger partial charge in [0.05, 0.1) is 6.20 Å². The van der Waals surface area contributed by atoms with Crippen molar-refractivity contribution < 1.29 is 9.21 Å². The van der Waals surface area contributed by atoms with Crippen LogP contribution >= 0.6 is 11.8 Å². The number of carbonyl (C=O) groups excluding carboxylic acids is 1. The van der Waals surface area contributed by atoms with Crippen LogP contribution < -0.4 is 5.32 Å². The zero-order chi connectivity index (χ0) is 20.8. The smallest absolute Gasteiger partial charge is 0.224 e. The monoisotopic (exact) mass is 421 g/mol. The van der Waals surface area contributed by atoms with Gasteiger partial charge in [0.25, 0.3) is 0 Å². The van der Waals surface area contributed by atoms with Crippen molar-refractivity contribution in [3.05, 3.63) is 71.7 Å². The predicted molar refractivity (Wildman–Crippen MR) is 123 cm³/mol. The molecular formula is C24H27N3O2S. The molecule has 1 saturated heterocycles. The Morgan fingerprint density at radius 3 is 2.70 bits per heavy atom. The lowest BCUT2D eigenvalue weighted by Crippen LogP contribution is -2.32. The van der Waals surface area contributed by atoms with E-state index in [2.05, 4.69) is 28.2 Å². The first-order valence-electron chi connectivity index (χ1n) is 10.4. The van der Waals surface area contributed by atoms with Crippen molar-refractivity contribution in [2.45, 2.75) is 26.3 Å². The van der Waals surface area contributed by atoms with E-state index in [-0.39, 0.29) is 5.91 Å². The summed E-state index contributed by atoms with van der Waals surface area (Å²) >= 11 is 2.00. The SMILES string of the molecule is Cc1ccc(-c2cnc(CCC(=O)Nc3ccccc3CN3CCSCC3)o2)cc1. The molecule has 1 aromatic heterocycles. The summed E-state index contributed by atoms with van der Waals surface area (Å²) in [6.45, 7) is 5.12. The highest BCUT2D eigenvalue weighted by Crippen LogP contribution is 2.22. The number of benzene rings is 2. The van der Waals surface area contributed by atoms with E-state index in [1.54, 1.807) is 6.20 Å². The molecular weight excluding hydrogens is 394 g/mol. The van der Waals surface area contributed by atoms with Gasteiger partial charge < -0.3 is 9.73 Å². The molecule has 3 aromatic rings. The third-order valence-electron chi connectivity index (χ3n) is 5.24. The summed E-state index contributed by atoms with van der Waals surface area (Å²) in [5.41, 5.74) is 4.26. The fraction of sp³-hybridized carbons (Fsp3) is 0.333. The number of rotatable bonds is 7. The largest absolute Gasteiger partial charge is 0.441 e. The molecule has 5 nitrogen and oxygen atoms in total. The van der Waals surface area contributed by atoms with Crippen molar-refractivity contribution in [2.24, 2.45) is 0 Å². The zero-order valence-corrected chi connectivity index (χ0v) is 18.1. The molecule has 0 atom stereocenters. The number of amides is 1. The number of aromatic nitrogens is 1. The normalized spacial score (nSPS) is 14.6. The summed E-state index contributed by atoms with van der Waals surface area (Å²) < 4.78 is 5.83. The quantitative estimate of drug-likeness (QED) is 0.595. The Labute approximate surface area is 181 Å². The van der Waals surface area contributed by atoms with Crippen LogP contribution in [0.4, 0.5) is 5.69 Å². The number of aryl methyl sites for hydroxylation is 2. The van der Waals surface area contributed by atoms with Gasteiger partial charge in [0.15, 0.2) is 11.7 Å². The van der Waals surface area contributed by atoms with Crippen molar-refractivity contribution in [3.63, 3.8) is 0 Å². The molecule has 0 spiro atoms. The molecule has 30 heavy (non-hydrogen) atoms. The molecule has 2 heterocycles. The van der Waals surface area contributed by atoms with Crippen molar-refractivity contribution in [3.8, 4) is 11.3 Å².